The van der Waals surface area contributed by atoms with Crippen LogP contribution in [-0.4, -0.2) is 58.1 Å². The van der Waals surface area contributed by atoms with E-state index in [2.05, 4.69) is 19.8 Å². The monoisotopic (exact) mass is 459 g/mol. The Balaban J connectivity index is 1.30. The molecule has 1 radical (unpaired) electrons. The van der Waals surface area contributed by atoms with Crippen molar-refractivity contribution >= 4 is 45.8 Å². The van der Waals surface area contributed by atoms with Crippen LogP contribution in [0.15, 0.2) is 35.5 Å². The summed E-state index contributed by atoms with van der Waals surface area (Å²) in [5.41, 5.74) is 2.06. The first-order chi connectivity index (χ1) is 14.8. The average Bonchev–Trinajstić information content (AvgIpc) is 2.78. The van der Waals surface area contributed by atoms with Gasteiger partial charge in [-0.2, -0.15) is 0 Å². The molecular weight excluding hydrogens is 431 g/mol. The highest BCUT2D eigenvalue weighted by molar-refractivity contribution is 7.90. The van der Waals surface area contributed by atoms with Crippen molar-refractivity contribution in [2.75, 3.05) is 42.2 Å². The molecule has 0 bridgehead atoms. The minimum absolute atomic E-state index is 0.200. The Morgan fingerprint density at radius 1 is 0.968 bits per heavy atom. The van der Waals surface area contributed by atoms with Crippen LogP contribution in [-0.2, 0) is 9.84 Å². The van der Waals surface area contributed by atoms with Gasteiger partial charge >= 0.3 is 0 Å². The molecule has 2 aliphatic heterocycles. The number of hydrogen-bond acceptors (Lipinski definition) is 6. The van der Waals surface area contributed by atoms with Crippen LogP contribution in [0.3, 0.4) is 0 Å². The van der Waals surface area contributed by atoms with Gasteiger partial charge in [-0.3, -0.25) is 0 Å². The molecular formula is C22H29BClN4O2S. The second-order valence-electron chi connectivity index (χ2n) is 8.64. The van der Waals surface area contributed by atoms with E-state index in [1.807, 2.05) is 32.6 Å². The molecule has 3 heterocycles. The Labute approximate surface area is 191 Å². The van der Waals surface area contributed by atoms with Crippen LogP contribution < -0.4 is 15.3 Å². The maximum Gasteiger partial charge on any atom is 0.225 e. The molecule has 6 nitrogen and oxygen atoms in total. The molecule has 0 aliphatic carbocycles. The molecule has 2 aromatic rings. The van der Waals surface area contributed by atoms with E-state index in [0.717, 1.165) is 68.0 Å². The van der Waals surface area contributed by atoms with Crippen LogP contribution in [0.25, 0.3) is 0 Å². The number of anilines is 2. The zero-order valence-corrected chi connectivity index (χ0v) is 19.7. The third-order valence-corrected chi connectivity index (χ3v) is 8.28. The van der Waals surface area contributed by atoms with E-state index in [0.29, 0.717) is 5.02 Å². The molecule has 0 unspecified atom stereocenters. The summed E-state index contributed by atoms with van der Waals surface area (Å²) in [5, 5.41) is 0.307. The molecule has 2 fully saturated rings. The second-order valence-corrected chi connectivity index (χ2v) is 11.0. The Hall–Kier alpha value is -1.80. The van der Waals surface area contributed by atoms with Crippen molar-refractivity contribution in [1.29, 1.82) is 0 Å². The summed E-state index contributed by atoms with van der Waals surface area (Å²) in [4.78, 5) is 13.8. The molecule has 31 heavy (non-hydrogen) atoms. The molecule has 165 valence electrons. The van der Waals surface area contributed by atoms with Crippen LogP contribution in [0.4, 0.5) is 11.6 Å². The van der Waals surface area contributed by atoms with Gasteiger partial charge in [-0.15, -0.1) is 0 Å². The fourth-order valence-corrected chi connectivity index (χ4v) is 6.15. The van der Waals surface area contributed by atoms with Gasteiger partial charge in [0.05, 0.1) is 9.92 Å². The van der Waals surface area contributed by atoms with Gasteiger partial charge in [0, 0.05) is 50.5 Å². The van der Waals surface area contributed by atoms with Gasteiger partial charge < -0.3 is 9.80 Å². The summed E-state index contributed by atoms with van der Waals surface area (Å²) in [6.07, 6.45) is 9.66. The van der Waals surface area contributed by atoms with Crippen LogP contribution in [0, 0.1) is 11.8 Å². The normalized spacial score (nSPS) is 18.9. The third-order valence-electron chi connectivity index (χ3n) is 6.70. The Bertz CT molecular complexity index is 1000. The van der Waals surface area contributed by atoms with Gasteiger partial charge in [0.1, 0.15) is 0 Å². The summed E-state index contributed by atoms with van der Waals surface area (Å²) in [7, 11) is -1.29. The number of hydrogen-bond donors (Lipinski definition) is 0. The maximum absolute atomic E-state index is 11.8. The smallest absolute Gasteiger partial charge is 0.225 e. The molecule has 0 N–H and O–H groups in total. The van der Waals surface area contributed by atoms with Gasteiger partial charge in [-0.25, -0.2) is 18.4 Å². The average molecular weight is 460 g/mol. The Morgan fingerprint density at radius 3 is 2.00 bits per heavy atom. The molecule has 0 atom stereocenters. The highest BCUT2D eigenvalue weighted by Gasteiger charge is 2.30. The molecule has 0 amide bonds. The van der Waals surface area contributed by atoms with Crippen LogP contribution >= 0.6 is 11.6 Å². The van der Waals surface area contributed by atoms with E-state index < -0.39 is 9.84 Å². The standard InChI is InChI=1S/C22H29BClN4O2S/c1-23-18-14-25-22(26-15-18)28-11-7-17(8-12-28)16-5-9-27(10-6-16)19-3-4-21(20(24)13-19)31(2,29)30/h3-4,13-17H,5-12H2,1-2H3. The van der Waals surface area contributed by atoms with Crippen LogP contribution in [0.5, 0.6) is 0 Å². The fourth-order valence-electron chi connectivity index (χ4n) is 4.83. The first kappa shape index (κ1) is 22.4. The largest absolute Gasteiger partial charge is 0.371 e. The summed E-state index contributed by atoms with van der Waals surface area (Å²) in [5.74, 6) is 2.33. The summed E-state index contributed by atoms with van der Waals surface area (Å²) in [6.45, 7) is 5.99. The van der Waals surface area contributed by atoms with Gasteiger partial charge in [0.15, 0.2) is 17.1 Å². The van der Waals surface area contributed by atoms with Crippen molar-refractivity contribution in [2.24, 2.45) is 11.8 Å². The topological polar surface area (TPSA) is 66.4 Å². The van der Waals surface area contributed by atoms with Gasteiger partial charge in [-0.1, -0.05) is 23.9 Å². The number of aromatic nitrogens is 2. The van der Waals surface area contributed by atoms with E-state index in [-0.39, 0.29) is 4.90 Å². The molecule has 0 saturated carbocycles. The molecule has 0 spiro atoms. The lowest BCUT2D eigenvalue weighted by Crippen LogP contribution is -2.41. The quantitative estimate of drug-likeness (QED) is 0.640. The molecule has 9 heteroatoms. The fraction of sp³-hybridized carbons (Fsp3) is 0.545. The van der Waals surface area contributed by atoms with Crippen molar-refractivity contribution in [2.45, 2.75) is 37.4 Å². The second kappa shape index (κ2) is 9.37. The molecule has 1 aromatic heterocycles. The molecule has 2 aliphatic rings. The number of rotatable bonds is 5. The summed E-state index contributed by atoms with van der Waals surface area (Å²) < 4.78 is 23.6. The lowest BCUT2D eigenvalue weighted by molar-refractivity contribution is 0.232. The molecule has 1 aromatic carbocycles. The zero-order chi connectivity index (χ0) is 22.0. The number of benzene rings is 1. The minimum Gasteiger partial charge on any atom is -0.371 e. The van der Waals surface area contributed by atoms with Crippen LogP contribution in [0.2, 0.25) is 11.8 Å². The van der Waals surface area contributed by atoms with E-state index in [9.17, 15) is 8.42 Å². The summed E-state index contributed by atoms with van der Waals surface area (Å²) >= 11 is 6.24. The van der Waals surface area contributed by atoms with Crippen LogP contribution in [0.1, 0.15) is 25.7 Å². The predicted molar refractivity (Wildman–Crippen MR) is 128 cm³/mol. The first-order valence-electron chi connectivity index (χ1n) is 11.0. The number of sulfone groups is 1. The van der Waals surface area contributed by atoms with Gasteiger partial charge in [0.2, 0.25) is 5.95 Å². The van der Waals surface area contributed by atoms with Crippen molar-refractivity contribution in [3.05, 3.63) is 35.6 Å². The highest BCUT2D eigenvalue weighted by Crippen LogP contribution is 2.35. The van der Waals surface area contributed by atoms with E-state index in [1.54, 1.807) is 12.1 Å². The van der Waals surface area contributed by atoms with Gasteiger partial charge in [-0.05, 0) is 55.7 Å². The molecule has 2 saturated heterocycles. The van der Waals surface area contributed by atoms with Crippen molar-refractivity contribution in [1.82, 2.24) is 9.97 Å². The Morgan fingerprint density at radius 2 is 1.52 bits per heavy atom. The maximum atomic E-state index is 11.8. The number of halogens is 1. The highest BCUT2D eigenvalue weighted by atomic mass is 35.5. The van der Waals surface area contributed by atoms with Crippen molar-refractivity contribution < 1.29 is 8.42 Å². The van der Waals surface area contributed by atoms with Gasteiger partial charge in [0.25, 0.3) is 0 Å². The number of nitrogens with zero attached hydrogens (tertiary/aromatic N) is 4. The van der Waals surface area contributed by atoms with Crippen molar-refractivity contribution in [3.63, 3.8) is 0 Å². The first-order valence-corrected chi connectivity index (χ1v) is 13.2. The third kappa shape index (κ3) is 5.17. The lowest BCUT2D eigenvalue weighted by atomic mass is 9.75. The Kier molecular flexibility index (Phi) is 6.77. The molecule has 4 rings (SSSR count). The minimum atomic E-state index is -3.30. The van der Waals surface area contributed by atoms with E-state index >= 15 is 0 Å². The van der Waals surface area contributed by atoms with E-state index in [4.69, 9.17) is 11.6 Å². The number of piperidine rings is 2. The predicted octanol–water partition coefficient (Wildman–Crippen LogP) is 3.04. The van der Waals surface area contributed by atoms with Crippen molar-refractivity contribution in [3.8, 4) is 0 Å². The zero-order valence-electron chi connectivity index (χ0n) is 18.2. The SMILES string of the molecule is C[B]c1cnc(N2CCC(C3CCN(c4ccc(S(C)(=O)=O)c(Cl)c4)CC3)CC2)nc1. The van der Waals surface area contributed by atoms with E-state index in [1.165, 1.54) is 19.1 Å². The summed E-state index contributed by atoms with van der Waals surface area (Å²) in [6, 6.07) is 5.29. The lowest BCUT2D eigenvalue weighted by Gasteiger charge is -2.41.